The van der Waals surface area contributed by atoms with E-state index < -0.39 is 23.6 Å². The highest BCUT2D eigenvalue weighted by Gasteiger charge is 2.40. The van der Waals surface area contributed by atoms with E-state index >= 15 is 0 Å². The van der Waals surface area contributed by atoms with Gasteiger partial charge in [0.05, 0.1) is 0 Å². The molecule has 8 heteroatoms. The number of rotatable bonds is 2. The smallest absolute Gasteiger partial charge is 0.346 e. The van der Waals surface area contributed by atoms with Gasteiger partial charge in [0.1, 0.15) is 11.3 Å². The number of nitrogens with zero attached hydrogens (tertiary/aromatic N) is 1. The Morgan fingerprint density at radius 1 is 1.33 bits per heavy atom. The van der Waals surface area contributed by atoms with Crippen LogP contribution in [0.15, 0.2) is 12.1 Å². The predicted molar refractivity (Wildman–Crippen MR) is 65.0 cm³/mol. The zero-order valence-corrected chi connectivity index (χ0v) is 10.9. The van der Waals surface area contributed by atoms with Crippen molar-refractivity contribution in [3.8, 4) is 0 Å². The summed E-state index contributed by atoms with van der Waals surface area (Å²) in [6.45, 7) is 0.921. The van der Waals surface area contributed by atoms with Crippen molar-refractivity contribution in [3.63, 3.8) is 0 Å². The number of nitrogens with one attached hydrogen (secondary N) is 2. The average Bonchev–Trinajstić information content (AvgIpc) is 2.99. The minimum Gasteiger partial charge on any atom is -0.346 e. The second-order valence-corrected chi connectivity index (χ2v) is 5.46. The number of carbonyl (C=O) groups is 1. The molecular formula is C13H13F4N3O. The van der Waals surface area contributed by atoms with Gasteiger partial charge in [-0.2, -0.15) is 17.6 Å². The monoisotopic (exact) mass is 303 g/mol. The lowest BCUT2D eigenvalue weighted by Gasteiger charge is -2.23. The third-order valence-electron chi connectivity index (χ3n) is 4.03. The summed E-state index contributed by atoms with van der Waals surface area (Å²) in [7, 11) is 0. The lowest BCUT2D eigenvalue weighted by atomic mass is 10.1. The highest BCUT2D eigenvalue weighted by atomic mass is 19.4. The molecule has 2 aliphatic rings. The van der Waals surface area contributed by atoms with Crippen LogP contribution < -0.4 is 10.6 Å². The largest absolute Gasteiger partial charge is 0.420 e. The van der Waals surface area contributed by atoms with Crippen LogP contribution in [0.25, 0.3) is 0 Å². The Kier molecular flexibility index (Phi) is 3.35. The van der Waals surface area contributed by atoms with Crippen molar-refractivity contribution in [1.29, 1.82) is 0 Å². The first-order valence-electron chi connectivity index (χ1n) is 6.62. The van der Waals surface area contributed by atoms with Gasteiger partial charge in [0.2, 0.25) is 5.95 Å². The van der Waals surface area contributed by atoms with E-state index in [0.29, 0.717) is 12.0 Å². The van der Waals surface area contributed by atoms with Gasteiger partial charge in [-0.1, -0.05) is 0 Å². The number of pyridine rings is 1. The molecule has 2 heterocycles. The predicted octanol–water partition coefficient (Wildman–Crippen LogP) is 1.72. The maximum Gasteiger partial charge on any atom is 0.420 e. The molecule has 4 nitrogen and oxygen atoms in total. The van der Waals surface area contributed by atoms with Crippen LogP contribution in [0.4, 0.5) is 17.6 Å². The van der Waals surface area contributed by atoms with Crippen molar-refractivity contribution in [2.75, 3.05) is 6.54 Å². The Morgan fingerprint density at radius 2 is 2.10 bits per heavy atom. The van der Waals surface area contributed by atoms with Gasteiger partial charge in [-0.25, -0.2) is 4.98 Å². The molecule has 1 saturated carbocycles. The zero-order chi connectivity index (χ0) is 15.2. The molecule has 1 aromatic heterocycles. The summed E-state index contributed by atoms with van der Waals surface area (Å²) in [6.07, 6.45) is -3.02. The van der Waals surface area contributed by atoms with Gasteiger partial charge < -0.3 is 10.6 Å². The maximum absolute atomic E-state index is 13.3. The van der Waals surface area contributed by atoms with E-state index in [1.54, 1.807) is 0 Å². The lowest BCUT2D eigenvalue weighted by molar-refractivity contribution is -0.140. The molecule has 3 unspecified atom stereocenters. The molecule has 2 bridgehead atoms. The molecule has 2 N–H and O–H groups in total. The molecule has 21 heavy (non-hydrogen) atoms. The summed E-state index contributed by atoms with van der Waals surface area (Å²) in [5.41, 5.74) is -1.82. The van der Waals surface area contributed by atoms with Gasteiger partial charge in [-0.05, 0) is 37.4 Å². The minimum absolute atomic E-state index is 0.0802. The van der Waals surface area contributed by atoms with Crippen LogP contribution >= 0.6 is 0 Å². The van der Waals surface area contributed by atoms with Gasteiger partial charge in [-0.15, -0.1) is 0 Å². The quantitative estimate of drug-likeness (QED) is 0.646. The molecule has 1 aliphatic heterocycles. The Bertz CT molecular complexity index is 575. The molecule has 3 rings (SSSR count). The van der Waals surface area contributed by atoms with Gasteiger partial charge >= 0.3 is 6.18 Å². The fraction of sp³-hybridized carbons (Fsp3) is 0.538. The Morgan fingerprint density at radius 3 is 2.62 bits per heavy atom. The van der Waals surface area contributed by atoms with Crippen molar-refractivity contribution in [2.45, 2.75) is 31.1 Å². The summed E-state index contributed by atoms with van der Waals surface area (Å²) >= 11 is 0. The van der Waals surface area contributed by atoms with Crippen LogP contribution in [0.2, 0.25) is 0 Å². The molecule has 1 amide bonds. The maximum atomic E-state index is 13.3. The second kappa shape index (κ2) is 4.94. The topological polar surface area (TPSA) is 54.0 Å². The van der Waals surface area contributed by atoms with Crippen LogP contribution in [0, 0.1) is 11.9 Å². The fourth-order valence-electron chi connectivity index (χ4n) is 3.03. The van der Waals surface area contributed by atoms with Gasteiger partial charge in [0.15, 0.2) is 0 Å². The number of hydrogen-bond acceptors (Lipinski definition) is 3. The molecule has 3 atom stereocenters. The van der Waals surface area contributed by atoms with E-state index in [2.05, 4.69) is 15.6 Å². The standard InChI is InChI=1S/C13H13F4N3O/c14-11-7(13(15,16)17)1-2-8(19-11)12(21)20-10-4-6-3-9(10)18-5-6/h1-2,6,9-10,18H,3-5H2,(H,20,21). The molecule has 0 radical (unpaired) electrons. The number of fused-ring (bicyclic) bond motifs is 2. The number of carbonyl (C=O) groups excluding carboxylic acids is 1. The van der Waals surface area contributed by atoms with Crippen LogP contribution in [0.1, 0.15) is 28.9 Å². The molecule has 0 aromatic carbocycles. The zero-order valence-electron chi connectivity index (χ0n) is 10.9. The minimum atomic E-state index is -4.82. The van der Waals surface area contributed by atoms with E-state index in [1.165, 1.54) is 0 Å². The van der Waals surface area contributed by atoms with E-state index in [0.717, 1.165) is 25.5 Å². The summed E-state index contributed by atoms with van der Waals surface area (Å²) < 4.78 is 50.6. The molecule has 1 aromatic rings. The van der Waals surface area contributed by atoms with Crippen LogP contribution in [0.5, 0.6) is 0 Å². The van der Waals surface area contributed by atoms with Crippen LogP contribution in [-0.2, 0) is 6.18 Å². The van der Waals surface area contributed by atoms with Crippen LogP contribution in [-0.4, -0.2) is 29.5 Å². The summed E-state index contributed by atoms with van der Waals surface area (Å²) in [5, 5.41) is 5.95. The SMILES string of the molecule is O=C(NC1CC2CNC1C2)c1ccc(C(F)(F)F)c(F)n1. The van der Waals surface area contributed by atoms with Crippen molar-refractivity contribution >= 4 is 5.91 Å². The highest BCUT2D eigenvalue weighted by Crippen LogP contribution is 2.32. The summed E-state index contributed by atoms with van der Waals surface area (Å²) in [5.74, 6) is -1.82. The molecular weight excluding hydrogens is 290 g/mol. The summed E-state index contributed by atoms with van der Waals surface area (Å²) in [6, 6.07) is 1.53. The highest BCUT2D eigenvalue weighted by molar-refractivity contribution is 5.92. The first kappa shape index (κ1) is 14.2. The Labute approximate surface area is 117 Å². The van der Waals surface area contributed by atoms with E-state index in [4.69, 9.17) is 0 Å². The van der Waals surface area contributed by atoms with Gasteiger partial charge in [-0.3, -0.25) is 4.79 Å². The van der Waals surface area contributed by atoms with Crippen LogP contribution in [0.3, 0.4) is 0 Å². The van der Waals surface area contributed by atoms with E-state index in [1.807, 2.05) is 0 Å². The van der Waals surface area contributed by atoms with Crippen molar-refractivity contribution < 1.29 is 22.4 Å². The van der Waals surface area contributed by atoms with Crippen molar-refractivity contribution in [3.05, 3.63) is 29.3 Å². The first-order valence-corrected chi connectivity index (χ1v) is 6.62. The molecule has 1 saturated heterocycles. The molecule has 2 fully saturated rings. The van der Waals surface area contributed by atoms with E-state index in [-0.39, 0.29) is 17.8 Å². The Balaban J connectivity index is 1.72. The first-order chi connectivity index (χ1) is 9.84. The van der Waals surface area contributed by atoms with Crippen molar-refractivity contribution in [2.24, 2.45) is 5.92 Å². The Hall–Kier alpha value is -1.70. The van der Waals surface area contributed by atoms with Crippen molar-refractivity contribution in [1.82, 2.24) is 15.6 Å². The lowest BCUT2D eigenvalue weighted by Crippen LogP contribution is -2.48. The van der Waals surface area contributed by atoms with Gasteiger partial charge in [0, 0.05) is 12.1 Å². The number of piperidine rings is 1. The third kappa shape index (κ3) is 2.72. The second-order valence-electron chi connectivity index (χ2n) is 5.46. The third-order valence-corrected chi connectivity index (χ3v) is 4.03. The molecule has 0 spiro atoms. The van der Waals surface area contributed by atoms with E-state index in [9.17, 15) is 22.4 Å². The number of hydrogen-bond donors (Lipinski definition) is 2. The number of alkyl halides is 3. The number of aromatic nitrogens is 1. The normalized spacial score (nSPS) is 27.9. The summed E-state index contributed by atoms with van der Waals surface area (Å²) in [4.78, 5) is 15.1. The average molecular weight is 303 g/mol. The number of halogens is 4. The van der Waals surface area contributed by atoms with Gasteiger partial charge in [0.25, 0.3) is 5.91 Å². The number of amides is 1. The fourth-order valence-corrected chi connectivity index (χ4v) is 3.03. The molecule has 1 aliphatic carbocycles. The molecule has 114 valence electrons.